The molecular formula is C13H10FN3. The maximum Gasteiger partial charge on any atom is 0.132 e. The molecule has 0 saturated heterocycles. The van der Waals surface area contributed by atoms with Gasteiger partial charge in [0.1, 0.15) is 11.5 Å². The maximum absolute atomic E-state index is 13.7. The number of halogens is 1. The molecule has 0 fully saturated rings. The van der Waals surface area contributed by atoms with E-state index < -0.39 is 0 Å². The normalized spacial score (nSPS) is 10.9. The molecule has 3 N–H and O–H groups in total. The number of nitrogens with one attached hydrogen (secondary N) is 1. The first-order valence-corrected chi connectivity index (χ1v) is 5.25. The zero-order chi connectivity index (χ0) is 11.8. The summed E-state index contributed by atoms with van der Waals surface area (Å²) in [4.78, 5) is 0. The monoisotopic (exact) mass is 227 g/mol. The van der Waals surface area contributed by atoms with Gasteiger partial charge in [0.2, 0.25) is 0 Å². The molecule has 0 radical (unpaired) electrons. The number of fused-ring (bicyclic) bond motifs is 1. The van der Waals surface area contributed by atoms with Crippen molar-refractivity contribution in [2.75, 3.05) is 5.73 Å². The van der Waals surface area contributed by atoms with E-state index in [-0.39, 0.29) is 5.82 Å². The number of hydrogen-bond donors (Lipinski definition) is 2. The van der Waals surface area contributed by atoms with Gasteiger partial charge >= 0.3 is 0 Å². The van der Waals surface area contributed by atoms with Gasteiger partial charge in [-0.1, -0.05) is 24.3 Å². The number of nitrogens with two attached hydrogens (primary N) is 1. The number of H-pyrrole nitrogens is 1. The summed E-state index contributed by atoms with van der Waals surface area (Å²) in [6.07, 6.45) is 0. The lowest BCUT2D eigenvalue weighted by atomic mass is 10.1. The lowest BCUT2D eigenvalue weighted by Crippen LogP contribution is -1.85. The summed E-state index contributed by atoms with van der Waals surface area (Å²) in [5.74, 6) is -0.289. The van der Waals surface area contributed by atoms with Gasteiger partial charge in [-0.25, -0.2) is 4.39 Å². The summed E-state index contributed by atoms with van der Waals surface area (Å²) < 4.78 is 13.7. The Morgan fingerprint density at radius 1 is 1.06 bits per heavy atom. The Hall–Kier alpha value is -2.36. The molecule has 2 aromatic carbocycles. The highest BCUT2D eigenvalue weighted by Gasteiger charge is 2.12. The number of aromatic nitrogens is 2. The van der Waals surface area contributed by atoms with E-state index in [1.165, 1.54) is 6.07 Å². The van der Waals surface area contributed by atoms with Crippen LogP contribution in [0.4, 0.5) is 10.1 Å². The van der Waals surface area contributed by atoms with Crippen LogP contribution in [0.2, 0.25) is 0 Å². The van der Waals surface area contributed by atoms with Crippen LogP contribution >= 0.6 is 0 Å². The molecule has 1 heterocycles. The summed E-state index contributed by atoms with van der Waals surface area (Å²) >= 11 is 0. The van der Waals surface area contributed by atoms with Gasteiger partial charge in [0.15, 0.2) is 0 Å². The number of nitrogen functional groups attached to an aromatic ring is 1. The molecule has 0 bridgehead atoms. The number of para-hydroxylation sites is 1. The Morgan fingerprint density at radius 2 is 1.88 bits per heavy atom. The molecule has 0 amide bonds. The molecule has 84 valence electrons. The van der Waals surface area contributed by atoms with Crippen molar-refractivity contribution in [3.63, 3.8) is 0 Å². The number of hydrogen-bond acceptors (Lipinski definition) is 2. The predicted molar refractivity (Wildman–Crippen MR) is 65.9 cm³/mol. The number of aromatic amines is 1. The van der Waals surface area contributed by atoms with Gasteiger partial charge in [-0.2, -0.15) is 5.10 Å². The third-order valence-electron chi connectivity index (χ3n) is 2.76. The van der Waals surface area contributed by atoms with E-state index >= 15 is 0 Å². The second kappa shape index (κ2) is 3.59. The van der Waals surface area contributed by atoms with Crippen molar-refractivity contribution in [1.82, 2.24) is 10.2 Å². The smallest absolute Gasteiger partial charge is 0.132 e. The van der Waals surface area contributed by atoms with E-state index in [2.05, 4.69) is 10.2 Å². The van der Waals surface area contributed by atoms with Gasteiger partial charge in [-0.3, -0.25) is 5.10 Å². The van der Waals surface area contributed by atoms with Crippen molar-refractivity contribution in [1.29, 1.82) is 0 Å². The second-order valence-corrected chi connectivity index (χ2v) is 3.82. The average Bonchev–Trinajstić information content (AvgIpc) is 2.75. The Morgan fingerprint density at radius 3 is 2.71 bits per heavy atom. The predicted octanol–water partition coefficient (Wildman–Crippen LogP) is 2.95. The van der Waals surface area contributed by atoms with Gasteiger partial charge in [-0.05, 0) is 18.2 Å². The zero-order valence-electron chi connectivity index (χ0n) is 8.94. The van der Waals surface area contributed by atoms with Crippen LogP contribution in [0.3, 0.4) is 0 Å². The van der Waals surface area contributed by atoms with Crippen molar-refractivity contribution < 1.29 is 4.39 Å². The standard InChI is InChI=1S/C13H10FN3/c14-10-6-2-1-4-8(10)12-9-5-3-7-11(15)13(9)17-16-12/h1-7H,15H2,(H,16,17). The Labute approximate surface area is 97.1 Å². The van der Waals surface area contributed by atoms with E-state index in [0.717, 1.165) is 10.9 Å². The molecule has 0 unspecified atom stereocenters. The van der Waals surface area contributed by atoms with Gasteiger partial charge in [0, 0.05) is 10.9 Å². The van der Waals surface area contributed by atoms with Crippen molar-refractivity contribution in [3.8, 4) is 11.3 Å². The summed E-state index contributed by atoms with van der Waals surface area (Å²) in [6.45, 7) is 0. The first-order valence-electron chi connectivity index (χ1n) is 5.25. The average molecular weight is 227 g/mol. The largest absolute Gasteiger partial charge is 0.397 e. The van der Waals surface area contributed by atoms with E-state index in [1.54, 1.807) is 24.3 Å². The van der Waals surface area contributed by atoms with Crippen LogP contribution in [0.5, 0.6) is 0 Å². The van der Waals surface area contributed by atoms with Crippen LogP contribution in [0.15, 0.2) is 42.5 Å². The SMILES string of the molecule is Nc1cccc2c(-c3ccccc3F)n[nH]c12. The first kappa shape index (κ1) is 9.84. The molecule has 0 aliphatic heterocycles. The van der Waals surface area contributed by atoms with E-state index in [4.69, 9.17) is 5.73 Å². The van der Waals surface area contributed by atoms with Crippen molar-refractivity contribution in [3.05, 3.63) is 48.3 Å². The third-order valence-corrected chi connectivity index (χ3v) is 2.76. The molecule has 3 nitrogen and oxygen atoms in total. The van der Waals surface area contributed by atoms with Crippen LogP contribution in [-0.4, -0.2) is 10.2 Å². The fourth-order valence-electron chi connectivity index (χ4n) is 1.92. The van der Waals surface area contributed by atoms with Crippen LogP contribution in [-0.2, 0) is 0 Å². The Bertz CT molecular complexity index is 688. The van der Waals surface area contributed by atoms with Crippen molar-refractivity contribution >= 4 is 16.6 Å². The van der Waals surface area contributed by atoms with Crippen LogP contribution < -0.4 is 5.73 Å². The minimum atomic E-state index is -0.289. The molecule has 17 heavy (non-hydrogen) atoms. The summed E-state index contributed by atoms with van der Waals surface area (Å²) in [5.41, 5.74) is 8.24. The molecule has 0 spiro atoms. The molecular weight excluding hydrogens is 217 g/mol. The number of anilines is 1. The minimum absolute atomic E-state index is 0.289. The lowest BCUT2D eigenvalue weighted by molar-refractivity contribution is 0.631. The molecule has 3 rings (SSSR count). The highest BCUT2D eigenvalue weighted by atomic mass is 19.1. The highest BCUT2D eigenvalue weighted by Crippen LogP contribution is 2.30. The number of nitrogens with zero attached hydrogens (tertiary/aromatic N) is 1. The van der Waals surface area contributed by atoms with Crippen LogP contribution in [0, 0.1) is 5.82 Å². The summed E-state index contributed by atoms with van der Waals surface area (Å²) in [5, 5.41) is 7.81. The Balaban J connectivity index is 2.33. The fraction of sp³-hybridized carbons (Fsp3) is 0. The quantitative estimate of drug-likeness (QED) is 0.628. The van der Waals surface area contributed by atoms with Crippen molar-refractivity contribution in [2.45, 2.75) is 0 Å². The molecule has 0 aliphatic rings. The maximum atomic E-state index is 13.7. The molecule has 0 atom stereocenters. The van der Waals surface area contributed by atoms with Gasteiger partial charge in [0.25, 0.3) is 0 Å². The zero-order valence-corrected chi connectivity index (χ0v) is 8.94. The molecule has 3 aromatic rings. The van der Waals surface area contributed by atoms with Crippen LogP contribution in [0.25, 0.3) is 22.2 Å². The lowest BCUT2D eigenvalue weighted by Gasteiger charge is -1.99. The Kier molecular flexibility index (Phi) is 2.08. The molecule has 1 aromatic heterocycles. The second-order valence-electron chi connectivity index (χ2n) is 3.82. The topological polar surface area (TPSA) is 54.7 Å². The van der Waals surface area contributed by atoms with Crippen LogP contribution in [0.1, 0.15) is 0 Å². The molecule has 4 heteroatoms. The van der Waals surface area contributed by atoms with Gasteiger partial charge in [-0.15, -0.1) is 0 Å². The molecule has 0 aliphatic carbocycles. The fourth-order valence-corrected chi connectivity index (χ4v) is 1.92. The molecule has 0 saturated carbocycles. The minimum Gasteiger partial charge on any atom is -0.397 e. The van der Waals surface area contributed by atoms with E-state index in [1.807, 2.05) is 12.1 Å². The number of benzene rings is 2. The summed E-state index contributed by atoms with van der Waals surface area (Å²) in [6, 6.07) is 12.0. The summed E-state index contributed by atoms with van der Waals surface area (Å²) in [7, 11) is 0. The highest BCUT2D eigenvalue weighted by molar-refractivity contribution is 5.98. The third kappa shape index (κ3) is 1.45. The van der Waals surface area contributed by atoms with Gasteiger partial charge in [0.05, 0.1) is 11.2 Å². The van der Waals surface area contributed by atoms with Crippen molar-refractivity contribution in [2.24, 2.45) is 0 Å². The van der Waals surface area contributed by atoms with Gasteiger partial charge < -0.3 is 5.73 Å². The van der Waals surface area contributed by atoms with E-state index in [0.29, 0.717) is 16.9 Å². The first-order chi connectivity index (χ1) is 8.27. The number of rotatable bonds is 1. The van der Waals surface area contributed by atoms with E-state index in [9.17, 15) is 4.39 Å².